The molecule has 0 heterocycles. The van der Waals surface area contributed by atoms with Crippen molar-refractivity contribution < 1.29 is 4.79 Å². The fourth-order valence-electron chi connectivity index (χ4n) is 6.57. The Kier molecular flexibility index (Phi) is 2.91. The van der Waals surface area contributed by atoms with Gasteiger partial charge in [0.2, 0.25) is 5.91 Å². The predicted octanol–water partition coefficient (Wildman–Crippen LogP) is 4.02. The highest BCUT2D eigenvalue weighted by molar-refractivity contribution is 5.83. The first-order chi connectivity index (χ1) is 9.15. The van der Waals surface area contributed by atoms with Gasteiger partial charge in [0, 0.05) is 13.6 Å². The third-order valence-corrected chi connectivity index (χ3v) is 5.93. The predicted molar refractivity (Wildman–Crippen MR) is 82.3 cm³/mol. The van der Waals surface area contributed by atoms with E-state index >= 15 is 0 Å². The maximum absolute atomic E-state index is 13.1. The summed E-state index contributed by atoms with van der Waals surface area (Å²) in [5.41, 5.74) is 1.83. The van der Waals surface area contributed by atoms with Crippen LogP contribution in [0.2, 0.25) is 0 Å². The summed E-state index contributed by atoms with van der Waals surface area (Å²) in [5, 5.41) is 0. The molecule has 4 saturated carbocycles. The molecular weight excluding hydrogens is 246 g/mol. The molecule has 2 unspecified atom stereocenters. The van der Waals surface area contributed by atoms with E-state index in [2.05, 4.69) is 20.4 Å². The highest BCUT2D eigenvalue weighted by Gasteiger charge is 2.63. The third-order valence-electron chi connectivity index (χ3n) is 5.93. The highest BCUT2D eigenvalue weighted by Crippen LogP contribution is 2.69. The molecule has 4 rings (SSSR count). The number of carbonyl (C=O) groups excluding carboxylic acids is 1. The van der Waals surface area contributed by atoms with Crippen molar-refractivity contribution in [3.8, 4) is 0 Å². The first-order valence-electron chi connectivity index (χ1n) is 8.06. The second-order valence-electron chi connectivity index (χ2n) is 9.03. The maximum Gasteiger partial charge on any atom is 0.228 e. The lowest BCUT2D eigenvalue weighted by Gasteiger charge is -2.65. The normalized spacial score (nSPS) is 45.5. The van der Waals surface area contributed by atoms with Crippen LogP contribution < -0.4 is 0 Å². The summed E-state index contributed by atoms with van der Waals surface area (Å²) < 4.78 is 0. The topological polar surface area (TPSA) is 20.3 Å². The third kappa shape index (κ3) is 2.12. The van der Waals surface area contributed by atoms with Crippen LogP contribution >= 0.6 is 0 Å². The summed E-state index contributed by atoms with van der Waals surface area (Å²) >= 11 is 0. The van der Waals surface area contributed by atoms with Crippen LogP contribution in [0.15, 0.2) is 12.2 Å². The molecule has 4 aliphatic rings. The molecule has 0 aliphatic heterocycles. The zero-order valence-corrected chi connectivity index (χ0v) is 13.6. The summed E-state index contributed by atoms with van der Waals surface area (Å²) in [6, 6.07) is 0. The number of hydrogen-bond acceptors (Lipinski definition) is 1. The quantitative estimate of drug-likeness (QED) is 0.712. The molecule has 20 heavy (non-hydrogen) atoms. The van der Waals surface area contributed by atoms with Gasteiger partial charge in [-0.1, -0.05) is 26.0 Å². The van der Waals surface area contributed by atoms with Crippen molar-refractivity contribution in [1.82, 2.24) is 4.90 Å². The largest absolute Gasteiger partial charge is 0.341 e. The molecule has 0 N–H and O–H groups in total. The van der Waals surface area contributed by atoms with Gasteiger partial charge in [-0.15, -0.1) is 0 Å². The van der Waals surface area contributed by atoms with E-state index in [0.29, 0.717) is 23.3 Å². The minimum Gasteiger partial charge on any atom is -0.341 e. The molecule has 4 fully saturated rings. The minimum atomic E-state index is -0.0624. The smallest absolute Gasteiger partial charge is 0.228 e. The molecular formula is C18H29NO. The lowest BCUT2D eigenvalue weighted by molar-refractivity contribution is -0.178. The van der Waals surface area contributed by atoms with E-state index in [1.165, 1.54) is 19.3 Å². The van der Waals surface area contributed by atoms with Gasteiger partial charge >= 0.3 is 0 Å². The molecule has 4 aliphatic carbocycles. The molecule has 2 heteroatoms. The molecule has 2 atom stereocenters. The summed E-state index contributed by atoms with van der Waals surface area (Å²) in [7, 11) is 1.96. The van der Waals surface area contributed by atoms with Crippen LogP contribution in [-0.2, 0) is 4.79 Å². The monoisotopic (exact) mass is 275 g/mol. The van der Waals surface area contributed by atoms with Crippen molar-refractivity contribution in [3.05, 3.63) is 12.2 Å². The van der Waals surface area contributed by atoms with Crippen molar-refractivity contribution in [2.75, 3.05) is 13.6 Å². The van der Waals surface area contributed by atoms with E-state index in [-0.39, 0.29) is 5.41 Å². The molecule has 112 valence electrons. The number of hydrogen-bond donors (Lipinski definition) is 0. The molecule has 0 aromatic rings. The number of rotatable bonds is 3. The second-order valence-corrected chi connectivity index (χ2v) is 9.03. The Labute approximate surface area is 123 Å². The number of carbonyl (C=O) groups is 1. The summed E-state index contributed by atoms with van der Waals surface area (Å²) in [5.74, 6) is 1.17. The molecule has 2 nitrogen and oxygen atoms in total. The number of amides is 1. The molecule has 0 saturated heterocycles. The van der Waals surface area contributed by atoms with Gasteiger partial charge in [0.05, 0.1) is 5.41 Å². The van der Waals surface area contributed by atoms with Crippen molar-refractivity contribution in [2.45, 2.75) is 59.3 Å². The zero-order chi connectivity index (χ0) is 14.8. The van der Waals surface area contributed by atoms with Gasteiger partial charge in [-0.05, 0) is 62.2 Å². The van der Waals surface area contributed by atoms with Gasteiger partial charge in [0.15, 0.2) is 0 Å². The first kappa shape index (κ1) is 14.2. The van der Waals surface area contributed by atoms with Gasteiger partial charge in [0.25, 0.3) is 0 Å². The van der Waals surface area contributed by atoms with E-state index in [1.54, 1.807) is 0 Å². The first-order valence-corrected chi connectivity index (χ1v) is 8.06. The summed E-state index contributed by atoms with van der Waals surface area (Å²) in [6.07, 6.45) is 7.40. The van der Waals surface area contributed by atoms with Gasteiger partial charge in [-0.3, -0.25) is 4.79 Å². The van der Waals surface area contributed by atoms with Crippen molar-refractivity contribution >= 4 is 5.91 Å². The van der Waals surface area contributed by atoms with E-state index in [1.807, 2.05) is 18.9 Å². The second kappa shape index (κ2) is 4.11. The van der Waals surface area contributed by atoms with Gasteiger partial charge in [-0.25, -0.2) is 0 Å². The van der Waals surface area contributed by atoms with Crippen LogP contribution in [0.4, 0.5) is 0 Å². The highest BCUT2D eigenvalue weighted by atomic mass is 16.2. The Morgan fingerprint density at radius 1 is 1.15 bits per heavy atom. The lowest BCUT2D eigenvalue weighted by Crippen LogP contribution is -2.60. The van der Waals surface area contributed by atoms with E-state index in [9.17, 15) is 4.79 Å². The van der Waals surface area contributed by atoms with Crippen molar-refractivity contribution in [1.29, 1.82) is 0 Å². The van der Waals surface area contributed by atoms with Crippen LogP contribution in [0.1, 0.15) is 59.3 Å². The van der Waals surface area contributed by atoms with Crippen LogP contribution in [-0.4, -0.2) is 24.4 Å². The fraction of sp³-hybridized carbons (Fsp3) is 0.833. The zero-order valence-electron chi connectivity index (χ0n) is 13.6. The van der Waals surface area contributed by atoms with Gasteiger partial charge in [0.1, 0.15) is 0 Å². The average Bonchev–Trinajstić information content (AvgIpc) is 2.21. The lowest BCUT2D eigenvalue weighted by atomic mass is 9.40. The summed E-state index contributed by atoms with van der Waals surface area (Å²) in [4.78, 5) is 15.0. The molecule has 0 radical (unpaired) electrons. The fourth-order valence-corrected chi connectivity index (χ4v) is 6.57. The van der Waals surface area contributed by atoms with Crippen LogP contribution in [0.5, 0.6) is 0 Å². The Morgan fingerprint density at radius 3 is 2.15 bits per heavy atom. The summed E-state index contributed by atoms with van der Waals surface area (Å²) in [6.45, 7) is 11.5. The average molecular weight is 275 g/mol. The standard InChI is InChI=1S/C18H29NO/c1-13(2)9-19(5)15(20)18-8-14-6-16(3,11-18)10-17(4,7-14)12-18/h14H,1,6-12H2,2-5H3. The van der Waals surface area contributed by atoms with E-state index in [0.717, 1.165) is 30.8 Å². The Morgan fingerprint density at radius 2 is 1.70 bits per heavy atom. The molecule has 0 aromatic carbocycles. The number of likely N-dealkylation sites (N-methyl/N-ethyl adjacent to an activating group) is 1. The van der Waals surface area contributed by atoms with Crippen LogP contribution in [0.25, 0.3) is 0 Å². The van der Waals surface area contributed by atoms with Gasteiger partial charge in [-0.2, -0.15) is 0 Å². The molecule has 1 amide bonds. The number of nitrogens with zero attached hydrogens (tertiary/aromatic N) is 1. The van der Waals surface area contributed by atoms with E-state index in [4.69, 9.17) is 0 Å². The molecule has 0 aromatic heterocycles. The Bertz CT molecular complexity index is 448. The van der Waals surface area contributed by atoms with Crippen LogP contribution in [0.3, 0.4) is 0 Å². The minimum absolute atomic E-state index is 0.0624. The molecule has 0 spiro atoms. The molecule has 4 bridgehead atoms. The van der Waals surface area contributed by atoms with Crippen molar-refractivity contribution in [3.63, 3.8) is 0 Å². The Hall–Kier alpha value is -0.790. The van der Waals surface area contributed by atoms with Crippen LogP contribution in [0, 0.1) is 22.2 Å². The Balaban J connectivity index is 1.89. The maximum atomic E-state index is 13.1. The van der Waals surface area contributed by atoms with Crippen molar-refractivity contribution in [2.24, 2.45) is 22.2 Å². The SMILES string of the molecule is C=C(C)CN(C)C(=O)C12CC3CC(C)(CC(C)(C3)C1)C2. The van der Waals surface area contributed by atoms with Gasteiger partial charge < -0.3 is 4.90 Å². The van der Waals surface area contributed by atoms with E-state index < -0.39 is 0 Å².